The summed E-state index contributed by atoms with van der Waals surface area (Å²) in [4.78, 5) is 7.94. The van der Waals surface area contributed by atoms with Crippen molar-refractivity contribution in [3.63, 3.8) is 0 Å². The van der Waals surface area contributed by atoms with Gasteiger partial charge in [-0.05, 0) is 31.9 Å². The average molecular weight is 315 g/mol. The second-order valence-electron chi connectivity index (χ2n) is 6.35. The highest BCUT2D eigenvalue weighted by Crippen LogP contribution is 2.38. The van der Waals surface area contributed by atoms with Crippen molar-refractivity contribution in [1.82, 2.24) is 20.5 Å². The first-order chi connectivity index (χ1) is 10.8. The van der Waals surface area contributed by atoms with Gasteiger partial charge in [0, 0.05) is 42.9 Å². The van der Waals surface area contributed by atoms with Gasteiger partial charge >= 0.3 is 0 Å². The number of hydrogen-bond acceptors (Lipinski definition) is 6. The molecule has 0 aromatic carbocycles. The van der Waals surface area contributed by atoms with Crippen molar-refractivity contribution < 1.29 is 0 Å². The maximum absolute atomic E-state index is 4.38. The Morgan fingerprint density at radius 3 is 2.77 bits per heavy atom. The van der Waals surface area contributed by atoms with E-state index in [4.69, 9.17) is 0 Å². The van der Waals surface area contributed by atoms with Gasteiger partial charge in [-0.3, -0.25) is 0 Å². The summed E-state index contributed by atoms with van der Waals surface area (Å²) in [6.07, 6.45) is 2.56. The van der Waals surface area contributed by atoms with Crippen molar-refractivity contribution >= 4 is 17.2 Å². The summed E-state index contributed by atoms with van der Waals surface area (Å²) in [5.74, 6) is 2.42. The summed E-state index contributed by atoms with van der Waals surface area (Å²) < 4.78 is 0. The van der Waals surface area contributed by atoms with Gasteiger partial charge in [0.15, 0.2) is 5.82 Å². The van der Waals surface area contributed by atoms with Gasteiger partial charge in [-0.2, -0.15) is 5.10 Å². The van der Waals surface area contributed by atoms with E-state index < -0.39 is 0 Å². The van der Waals surface area contributed by atoms with Gasteiger partial charge in [0.25, 0.3) is 0 Å². The first-order valence-electron chi connectivity index (χ1n) is 7.98. The molecule has 0 unspecified atom stereocenters. The molecule has 2 aromatic rings. The minimum Gasteiger partial charge on any atom is -0.354 e. The van der Waals surface area contributed by atoms with Crippen LogP contribution in [0.1, 0.15) is 35.0 Å². The standard InChI is InChI=1S/C16H21N5S/c1-11-15(22-10-18-11)7-17-6-12-8-21(9-12)16-5-4-14(19-20-16)13-2-3-13/h4-5,10,12-13,17H,2-3,6-9H2,1H3. The molecule has 4 rings (SSSR count). The van der Waals surface area contributed by atoms with Crippen molar-refractivity contribution in [3.8, 4) is 0 Å². The molecule has 0 radical (unpaired) electrons. The lowest BCUT2D eigenvalue weighted by Gasteiger charge is -2.40. The quantitative estimate of drug-likeness (QED) is 0.887. The number of aromatic nitrogens is 3. The van der Waals surface area contributed by atoms with E-state index in [2.05, 4.69) is 44.5 Å². The molecule has 0 atom stereocenters. The highest BCUT2D eigenvalue weighted by atomic mass is 32.1. The number of nitrogens with zero attached hydrogens (tertiary/aromatic N) is 4. The first kappa shape index (κ1) is 14.1. The summed E-state index contributed by atoms with van der Waals surface area (Å²) >= 11 is 1.73. The predicted molar refractivity (Wildman–Crippen MR) is 88.3 cm³/mol. The van der Waals surface area contributed by atoms with E-state index in [0.29, 0.717) is 11.8 Å². The van der Waals surface area contributed by atoms with Crippen molar-refractivity contribution in [2.24, 2.45) is 5.92 Å². The zero-order chi connectivity index (χ0) is 14.9. The Bertz CT molecular complexity index is 628. The van der Waals surface area contributed by atoms with Crippen LogP contribution in [-0.4, -0.2) is 34.8 Å². The lowest BCUT2D eigenvalue weighted by atomic mass is 10.0. The van der Waals surface area contributed by atoms with Crippen LogP contribution in [0.25, 0.3) is 0 Å². The second-order valence-corrected chi connectivity index (χ2v) is 7.29. The summed E-state index contributed by atoms with van der Waals surface area (Å²) in [6.45, 7) is 6.21. The Hall–Kier alpha value is -1.53. The largest absolute Gasteiger partial charge is 0.354 e. The van der Waals surface area contributed by atoms with Crippen LogP contribution in [0.15, 0.2) is 17.6 Å². The molecule has 2 fully saturated rings. The third-order valence-electron chi connectivity index (χ3n) is 4.51. The minimum atomic E-state index is 0.685. The van der Waals surface area contributed by atoms with Crippen molar-refractivity contribution in [1.29, 1.82) is 0 Å². The Labute approximate surface area is 134 Å². The Balaban J connectivity index is 1.21. The molecular formula is C16H21N5S. The highest BCUT2D eigenvalue weighted by molar-refractivity contribution is 7.09. The summed E-state index contributed by atoms with van der Waals surface area (Å²) in [7, 11) is 0. The second kappa shape index (κ2) is 5.93. The van der Waals surface area contributed by atoms with Crippen molar-refractivity contribution in [2.75, 3.05) is 24.5 Å². The van der Waals surface area contributed by atoms with Crippen LogP contribution in [0.5, 0.6) is 0 Å². The van der Waals surface area contributed by atoms with Crippen LogP contribution in [0, 0.1) is 12.8 Å². The number of aryl methyl sites for hydroxylation is 1. The Morgan fingerprint density at radius 2 is 2.14 bits per heavy atom. The van der Waals surface area contributed by atoms with Gasteiger partial charge in [-0.15, -0.1) is 16.4 Å². The van der Waals surface area contributed by atoms with E-state index in [1.54, 1.807) is 11.3 Å². The van der Waals surface area contributed by atoms with E-state index in [0.717, 1.165) is 37.7 Å². The number of rotatable bonds is 6. The minimum absolute atomic E-state index is 0.685. The number of anilines is 1. The number of thiazole rings is 1. The van der Waals surface area contributed by atoms with Crippen LogP contribution in [-0.2, 0) is 6.54 Å². The summed E-state index contributed by atoms with van der Waals surface area (Å²) in [5, 5.41) is 12.3. The van der Waals surface area contributed by atoms with Crippen molar-refractivity contribution in [2.45, 2.75) is 32.2 Å². The van der Waals surface area contributed by atoms with E-state index in [-0.39, 0.29) is 0 Å². The monoisotopic (exact) mass is 315 g/mol. The SMILES string of the molecule is Cc1ncsc1CNCC1CN(c2ccc(C3CC3)nn2)C1. The van der Waals surface area contributed by atoms with Crippen LogP contribution >= 0.6 is 11.3 Å². The molecule has 5 nitrogen and oxygen atoms in total. The fraction of sp³-hybridized carbons (Fsp3) is 0.562. The van der Waals surface area contributed by atoms with E-state index in [1.165, 1.54) is 23.4 Å². The van der Waals surface area contributed by atoms with Crippen molar-refractivity contribution in [3.05, 3.63) is 33.9 Å². The van der Waals surface area contributed by atoms with Gasteiger partial charge in [-0.25, -0.2) is 4.98 Å². The van der Waals surface area contributed by atoms with E-state index >= 15 is 0 Å². The average Bonchev–Trinajstić information content (AvgIpc) is 3.26. The molecule has 6 heteroatoms. The van der Waals surface area contributed by atoms with Gasteiger partial charge < -0.3 is 10.2 Å². The highest BCUT2D eigenvalue weighted by Gasteiger charge is 2.29. The number of hydrogen-bond donors (Lipinski definition) is 1. The normalized spacial score (nSPS) is 18.5. The molecule has 1 aliphatic heterocycles. The maximum atomic E-state index is 4.38. The molecule has 3 heterocycles. The first-order valence-corrected chi connectivity index (χ1v) is 8.86. The molecule has 0 spiro atoms. The van der Waals surface area contributed by atoms with Crippen LogP contribution in [0.4, 0.5) is 5.82 Å². The third kappa shape index (κ3) is 2.98. The molecule has 0 bridgehead atoms. The zero-order valence-corrected chi connectivity index (χ0v) is 13.6. The van der Waals surface area contributed by atoms with Crippen LogP contribution in [0.3, 0.4) is 0 Å². The van der Waals surface area contributed by atoms with E-state index in [9.17, 15) is 0 Å². The predicted octanol–water partition coefficient (Wildman–Crippen LogP) is 2.34. The van der Waals surface area contributed by atoms with Gasteiger partial charge in [-0.1, -0.05) is 0 Å². The van der Waals surface area contributed by atoms with E-state index in [1.807, 2.05) is 5.51 Å². The fourth-order valence-corrected chi connectivity index (χ4v) is 3.62. The Morgan fingerprint density at radius 1 is 1.27 bits per heavy atom. The van der Waals surface area contributed by atoms with Gasteiger partial charge in [0.05, 0.1) is 16.9 Å². The summed E-state index contributed by atoms with van der Waals surface area (Å²) in [5.41, 5.74) is 4.24. The van der Waals surface area contributed by atoms with Crippen LogP contribution in [0.2, 0.25) is 0 Å². The zero-order valence-electron chi connectivity index (χ0n) is 12.8. The molecule has 116 valence electrons. The lowest BCUT2D eigenvalue weighted by Crippen LogP contribution is -2.51. The smallest absolute Gasteiger partial charge is 0.151 e. The molecular weight excluding hydrogens is 294 g/mol. The maximum Gasteiger partial charge on any atom is 0.151 e. The molecule has 0 amide bonds. The number of nitrogens with one attached hydrogen (secondary N) is 1. The van der Waals surface area contributed by atoms with Gasteiger partial charge in [0.2, 0.25) is 0 Å². The molecule has 1 aliphatic carbocycles. The molecule has 2 aliphatic rings. The molecule has 1 saturated carbocycles. The molecule has 1 saturated heterocycles. The van der Waals surface area contributed by atoms with Crippen LogP contribution < -0.4 is 10.2 Å². The molecule has 1 N–H and O–H groups in total. The topological polar surface area (TPSA) is 53.9 Å². The van der Waals surface area contributed by atoms with Gasteiger partial charge in [0.1, 0.15) is 0 Å². The Kier molecular flexibility index (Phi) is 3.80. The lowest BCUT2D eigenvalue weighted by molar-refractivity contribution is 0.382. The third-order valence-corrected chi connectivity index (χ3v) is 5.45. The fourth-order valence-electron chi connectivity index (χ4n) is 2.87. The molecule has 2 aromatic heterocycles. The summed E-state index contributed by atoms with van der Waals surface area (Å²) in [6, 6.07) is 4.28. The molecule has 22 heavy (non-hydrogen) atoms.